The highest BCUT2D eigenvalue weighted by molar-refractivity contribution is 7.93. The van der Waals surface area contributed by atoms with Crippen molar-refractivity contribution >= 4 is 50.0 Å². The molecular weight excluding hydrogens is 516 g/mol. The van der Waals surface area contributed by atoms with Gasteiger partial charge in [0.15, 0.2) is 0 Å². The van der Waals surface area contributed by atoms with Gasteiger partial charge in [-0.25, -0.2) is 17.8 Å². The largest absolute Gasteiger partial charge is 0.493 e. The third kappa shape index (κ3) is 5.31. The van der Waals surface area contributed by atoms with Crippen LogP contribution >= 0.6 is 22.9 Å². The number of aromatic nitrogens is 4. The zero-order valence-electron chi connectivity index (χ0n) is 18.0. The zero-order valence-corrected chi connectivity index (χ0v) is 20.4. The predicted molar refractivity (Wildman–Crippen MR) is 133 cm³/mol. The highest BCUT2D eigenvalue weighted by Crippen LogP contribution is 2.23. The molecule has 2 heterocycles. The summed E-state index contributed by atoms with van der Waals surface area (Å²) < 4.78 is 28.4. The number of sulfonamides is 1. The number of nitrogens with zero attached hydrogens (tertiary/aromatic N) is 4. The number of aromatic amines is 1. The molecule has 0 aliphatic heterocycles. The number of hydrogen-bond acceptors (Lipinski definition) is 9. The van der Waals surface area contributed by atoms with Crippen LogP contribution in [0.1, 0.15) is 17.5 Å². The molecule has 35 heavy (non-hydrogen) atoms. The molecule has 11 nitrogen and oxygen atoms in total. The van der Waals surface area contributed by atoms with E-state index in [0.29, 0.717) is 22.1 Å². The number of aromatic hydroxyl groups is 1. The van der Waals surface area contributed by atoms with Crippen LogP contribution in [0.3, 0.4) is 0 Å². The van der Waals surface area contributed by atoms with Crippen LogP contribution in [0.25, 0.3) is 5.69 Å². The monoisotopic (exact) mass is 532 g/mol. The van der Waals surface area contributed by atoms with Gasteiger partial charge in [-0.2, -0.15) is 0 Å². The zero-order chi connectivity index (χ0) is 25.2. The number of aliphatic imine (C=N–C) groups is 1. The van der Waals surface area contributed by atoms with Gasteiger partial charge in [0.05, 0.1) is 16.3 Å². The molecule has 0 spiro atoms. The minimum atomic E-state index is -3.89. The second kappa shape index (κ2) is 9.82. The van der Waals surface area contributed by atoms with Gasteiger partial charge < -0.3 is 5.11 Å². The number of H-pyrrole nitrogens is 1. The summed E-state index contributed by atoms with van der Waals surface area (Å²) in [6, 6.07) is 11.6. The number of aryl methyl sites for hydroxylation is 1. The summed E-state index contributed by atoms with van der Waals surface area (Å²) in [5.74, 6) is -0.614. The molecule has 0 amide bonds. The molecule has 0 aliphatic carbocycles. The van der Waals surface area contributed by atoms with Crippen LogP contribution in [0.4, 0.5) is 10.8 Å². The summed E-state index contributed by atoms with van der Waals surface area (Å²) in [7, 11) is -3.89. The van der Waals surface area contributed by atoms with Crippen molar-refractivity contribution in [2.24, 2.45) is 4.99 Å². The predicted octanol–water partition coefficient (Wildman–Crippen LogP) is 2.85. The number of benzene rings is 2. The highest BCUT2D eigenvalue weighted by atomic mass is 35.5. The van der Waals surface area contributed by atoms with Gasteiger partial charge in [0.2, 0.25) is 11.0 Å². The van der Waals surface area contributed by atoms with Crippen molar-refractivity contribution in [2.45, 2.75) is 18.2 Å². The first-order valence-electron chi connectivity index (χ1n) is 10.0. The van der Waals surface area contributed by atoms with Gasteiger partial charge in [-0.1, -0.05) is 29.9 Å². The quantitative estimate of drug-likeness (QED) is 0.308. The van der Waals surface area contributed by atoms with E-state index in [9.17, 15) is 23.1 Å². The van der Waals surface area contributed by atoms with E-state index in [-0.39, 0.29) is 21.3 Å². The van der Waals surface area contributed by atoms with E-state index >= 15 is 0 Å². The summed E-state index contributed by atoms with van der Waals surface area (Å²) in [5, 5.41) is 19.6. The molecule has 0 saturated carbocycles. The lowest BCUT2D eigenvalue weighted by atomic mass is 10.3. The fraction of sp³-hybridized carbons (Fsp3) is 0.0952. The molecule has 180 valence electrons. The number of halogens is 1. The molecule has 0 aliphatic rings. The molecule has 0 fully saturated rings. The van der Waals surface area contributed by atoms with Gasteiger partial charge in [-0.05, 0) is 55.0 Å². The van der Waals surface area contributed by atoms with Gasteiger partial charge in [0.1, 0.15) is 10.6 Å². The molecule has 2 aromatic carbocycles. The first-order valence-corrected chi connectivity index (χ1v) is 12.7. The van der Waals surface area contributed by atoms with Crippen molar-refractivity contribution in [3.8, 4) is 11.6 Å². The van der Waals surface area contributed by atoms with Crippen LogP contribution in [-0.2, 0) is 16.4 Å². The van der Waals surface area contributed by atoms with Crippen LogP contribution < -0.4 is 16.0 Å². The fourth-order valence-electron chi connectivity index (χ4n) is 2.95. The Labute approximate surface area is 207 Å². The van der Waals surface area contributed by atoms with Crippen LogP contribution in [0.15, 0.2) is 68.0 Å². The van der Waals surface area contributed by atoms with Crippen molar-refractivity contribution in [3.63, 3.8) is 0 Å². The molecule has 3 N–H and O–H groups in total. The number of rotatable bonds is 7. The average molecular weight is 533 g/mol. The van der Waals surface area contributed by atoms with Crippen LogP contribution in [-0.4, -0.2) is 39.5 Å². The smallest absolute Gasteiger partial charge is 0.335 e. The Morgan fingerprint density at radius 3 is 2.46 bits per heavy atom. The van der Waals surface area contributed by atoms with Crippen LogP contribution in [0, 0.1) is 0 Å². The molecule has 4 rings (SSSR count). The molecule has 0 unspecified atom stereocenters. The normalized spacial score (nSPS) is 11.7. The topological polar surface area (TPSA) is 159 Å². The van der Waals surface area contributed by atoms with Gasteiger partial charge >= 0.3 is 5.69 Å². The molecular formula is C21H17ClN6O5S2. The Morgan fingerprint density at radius 2 is 1.83 bits per heavy atom. The summed E-state index contributed by atoms with van der Waals surface area (Å²) >= 11 is 7.01. The van der Waals surface area contributed by atoms with Crippen molar-refractivity contribution in [1.29, 1.82) is 0 Å². The average Bonchev–Trinajstić information content (AvgIpc) is 3.27. The summed E-state index contributed by atoms with van der Waals surface area (Å²) in [4.78, 5) is 30.7. The first kappa shape index (κ1) is 24.3. The molecule has 0 bridgehead atoms. The second-order valence-electron chi connectivity index (χ2n) is 7.02. The Balaban J connectivity index is 1.60. The van der Waals surface area contributed by atoms with Gasteiger partial charge in [-0.3, -0.25) is 19.5 Å². The second-order valence-corrected chi connectivity index (χ2v) is 10.2. The fourth-order valence-corrected chi connectivity index (χ4v) is 4.98. The Hall–Kier alpha value is -3.81. The molecule has 0 radical (unpaired) electrons. The number of anilines is 1. The van der Waals surface area contributed by atoms with E-state index in [1.54, 1.807) is 0 Å². The molecule has 0 saturated heterocycles. The van der Waals surface area contributed by atoms with Crippen molar-refractivity contribution < 1.29 is 13.5 Å². The molecule has 14 heteroatoms. The Morgan fingerprint density at radius 1 is 1.14 bits per heavy atom. The van der Waals surface area contributed by atoms with Crippen LogP contribution in [0.2, 0.25) is 5.02 Å². The SMILES string of the molecule is CCc1nnc(NS(=O)(=O)c2ccc(N=Cc3c(O)n(-c4ccc(Cl)cc4)c(=O)[nH]c3=O)cc2)s1. The standard InChI is InChI=1S/C21H17ClN6O5S2/c1-2-17-25-26-20(34-17)27-35(32,33)15-9-5-13(6-10-15)23-11-16-18(29)24-21(31)28(19(16)30)14-7-3-12(22)4-8-14/h3-11,30H,2H2,1H3,(H,26,27)(H,24,29,31). The molecule has 0 atom stereocenters. The summed E-state index contributed by atoms with van der Waals surface area (Å²) in [6.07, 6.45) is 1.72. The first-order chi connectivity index (χ1) is 16.7. The van der Waals surface area contributed by atoms with Crippen molar-refractivity contribution in [2.75, 3.05) is 4.72 Å². The van der Waals surface area contributed by atoms with Crippen molar-refractivity contribution in [3.05, 3.63) is 85.0 Å². The third-order valence-electron chi connectivity index (χ3n) is 4.69. The maximum absolute atomic E-state index is 12.6. The van der Waals surface area contributed by atoms with Gasteiger partial charge in [0, 0.05) is 11.2 Å². The van der Waals surface area contributed by atoms with E-state index in [0.717, 1.165) is 22.1 Å². The van der Waals surface area contributed by atoms with E-state index in [1.807, 2.05) is 6.92 Å². The summed E-state index contributed by atoms with van der Waals surface area (Å²) in [5.41, 5.74) is -1.35. The minimum Gasteiger partial charge on any atom is -0.493 e. The highest BCUT2D eigenvalue weighted by Gasteiger charge is 2.17. The minimum absolute atomic E-state index is 0.0262. The maximum atomic E-state index is 12.6. The third-order valence-corrected chi connectivity index (χ3v) is 7.41. The number of hydrogen-bond donors (Lipinski definition) is 3. The molecule has 4 aromatic rings. The van der Waals surface area contributed by atoms with E-state index < -0.39 is 27.2 Å². The van der Waals surface area contributed by atoms with Crippen molar-refractivity contribution in [1.82, 2.24) is 19.7 Å². The van der Waals surface area contributed by atoms with E-state index in [4.69, 9.17) is 11.6 Å². The van der Waals surface area contributed by atoms with Gasteiger partial charge in [0.25, 0.3) is 15.6 Å². The Bertz CT molecular complexity index is 1620. The maximum Gasteiger partial charge on any atom is 0.335 e. The van der Waals surface area contributed by atoms with Gasteiger partial charge in [-0.15, -0.1) is 10.2 Å². The molecule has 2 aromatic heterocycles. The number of nitrogens with one attached hydrogen (secondary N) is 2. The lowest BCUT2D eigenvalue weighted by molar-refractivity contribution is 0.430. The van der Waals surface area contributed by atoms with E-state index in [1.165, 1.54) is 48.5 Å². The van der Waals surface area contributed by atoms with Crippen LogP contribution in [0.5, 0.6) is 5.88 Å². The summed E-state index contributed by atoms with van der Waals surface area (Å²) in [6.45, 7) is 1.89. The Kier molecular flexibility index (Phi) is 6.82. The lowest BCUT2D eigenvalue weighted by Crippen LogP contribution is -2.31. The lowest BCUT2D eigenvalue weighted by Gasteiger charge is -2.09. The van der Waals surface area contributed by atoms with E-state index in [2.05, 4.69) is 24.9 Å².